The van der Waals surface area contributed by atoms with Crippen molar-refractivity contribution in [2.75, 3.05) is 32.1 Å². The van der Waals surface area contributed by atoms with Crippen molar-refractivity contribution in [3.05, 3.63) is 105 Å². The molecule has 2 aliphatic rings. The summed E-state index contributed by atoms with van der Waals surface area (Å²) in [6, 6.07) is 24.3. The van der Waals surface area contributed by atoms with Crippen molar-refractivity contribution in [1.29, 1.82) is 0 Å². The zero-order chi connectivity index (χ0) is 23.7. The summed E-state index contributed by atoms with van der Waals surface area (Å²) >= 11 is 12.3. The number of likely N-dealkylation sites (tertiary alicyclic amines) is 2. The summed E-state index contributed by atoms with van der Waals surface area (Å²) in [5.74, 6) is 0.643. The van der Waals surface area contributed by atoms with Crippen molar-refractivity contribution in [1.82, 2.24) is 9.80 Å². The molecule has 0 saturated carbocycles. The Morgan fingerprint density at radius 3 is 1.97 bits per heavy atom. The number of sulfone groups is 1. The molecule has 0 amide bonds. The van der Waals surface area contributed by atoms with E-state index in [-0.39, 0.29) is 17.7 Å². The summed E-state index contributed by atoms with van der Waals surface area (Å²) < 4.78 is 25.2. The van der Waals surface area contributed by atoms with Crippen LogP contribution in [-0.4, -0.2) is 50.3 Å². The number of halogens is 2. The minimum absolute atomic E-state index is 0.103. The van der Waals surface area contributed by atoms with E-state index in [0.717, 1.165) is 48.2 Å². The van der Waals surface area contributed by atoms with Gasteiger partial charge in [0.1, 0.15) is 5.88 Å². The Balaban J connectivity index is 1.30. The third kappa shape index (κ3) is 5.50. The van der Waals surface area contributed by atoms with Crippen LogP contribution in [0.15, 0.2) is 72.8 Å². The second-order valence-corrected chi connectivity index (χ2v) is 12.3. The van der Waals surface area contributed by atoms with Crippen LogP contribution in [-0.2, 0) is 15.6 Å². The van der Waals surface area contributed by atoms with Crippen LogP contribution in [0.1, 0.15) is 40.6 Å². The Morgan fingerprint density at radius 2 is 1.44 bits per heavy atom. The number of hydrogen-bond donors (Lipinski definition) is 0. The Bertz CT molecular complexity index is 1190. The summed E-state index contributed by atoms with van der Waals surface area (Å²) in [7, 11) is -3.14. The van der Waals surface area contributed by atoms with E-state index in [4.69, 9.17) is 23.2 Å². The van der Waals surface area contributed by atoms with E-state index in [1.807, 2.05) is 41.3 Å². The van der Waals surface area contributed by atoms with Crippen LogP contribution in [0, 0.1) is 0 Å². The molecule has 4 nitrogen and oxygen atoms in total. The number of benzene rings is 3. The topological polar surface area (TPSA) is 40.6 Å². The van der Waals surface area contributed by atoms with E-state index in [2.05, 4.69) is 41.3 Å². The molecule has 2 heterocycles. The first-order valence-corrected chi connectivity index (χ1v) is 14.2. The lowest BCUT2D eigenvalue weighted by molar-refractivity contribution is 0.111. The SMILES string of the molecule is O=S(=O)(Cc1cccc(C2CN(C(c3ccc(Cl)cc3)c3ccc(Cl)cc3)C2)c1)CN1CCC1. The Labute approximate surface area is 212 Å². The first-order chi connectivity index (χ1) is 16.4. The van der Waals surface area contributed by atoms with Gasteiger partial charge in [0, 0.05) is 42.1 Å². The molecule has 178 valence electrons. The summed E-state index contributed by atoms with van der Waals surface area (Å²) in [4.78, 5) is 4.45. The van der Waals surface area contributed by atoms with Crippen molar-refractivity contribution >= 4 is 33.0 Å². The van der Waals surface area contributed by atoms with Gasteiger partial charge in [-0.3, -0.25) is 9.80 Å². The average Bonchev–Trinajstić information content (AvgIpc) is 2.75. The highest BCUT2D eigenvalue weighted by Crippen LogP contribution is 2.39. The van der Waals surface area contributed by atoms with Crippen molar-refractivity contribution in [3.8, 4) is 0 Å². The van der Waals surface area contributed by atoms with Gasteiger partial charge in [-0.1, -0.05) is 71.7 Å². The molecule has 0 unspecified atom stereocenters. The molecule has 0 bridgehead atoms. The van der Waals surface area contributed by atoms with Crippen molar-refractivity contribution in [2.24, 2.45) is 0 Å². The normalized spacial score (nSPS) is 17.5. The molecule has 3 aromatic rings. The average molecular weight is 516 g/mol. The molecule has 0 atom stereocenters. The maximum absolute atomic E-state index is 12.6. The minimum atomic E-state index is -3.14. The first kappa shape index (κ1) is 23.8. The van der Waals surface area contributed by atoms with Gasteiger partial charge in [0.2, 0.25) is 0 Å². The largest absolute Gasteiger partial charge is 0.291 e. The standard InChI is InChI=1S/C27H28Cl2N2O2S/c28-25-9-5-21(6-10-25)27(22-7-11-26(29)12-8-22)31-16-24(17-31)23-4-1-3-20(15-23)18-34(32,33)19-30-13-2-14-30/h1,3-12,15,24,27H,2,13-14,16-19H2. The van der Waals surface area contributed by atoms with Gasteiger partial charge in [-0.05, 0) is 52.9 Å². The molecule has 2 fully saturated rings. The van der Waals surface area contributed by atoms with E-state index in [9.17, 15) is 8.42 Å². The molecule has 5 rings (SSSR count). The van der Waals surface area contributed by atoms with Crippen LogP contribution in [0.2, 0.25) is 10.0 Å². The molecule has 2 aliphatic heterocycles. The zero-order valence-corrected chi connectivity index (χ0v) is 21.2. The van der Waals surface area contributed by atoms with Crippen LogP contribution in [0.25, 0.3) is 0 Å². The smallest absolute Gasteiger partial charge is 0.167 e. The quantitative estimate of drug-likeness (QED) is 0.383. The van der Waals surface area contributed by atoms with Gasteiger partial charge in [-0.2, -0.15) is 0 Å². The third-order valence-corrected chi connectivity index (χ3v) is 8.82. The number of hydrogen-bond acceptors (Lipinski definition) is 4. The lowest BCUT2D eigenvalue weighted by Crippen LogP contribution is -2.47. The fraction of sp³-hybridized carbons (Fsp3) is 0.333. The first-order valence-electron chi connectivity index (χ1n) is 11.6. The molecule has 0 aromatic heterocycles. The van der Waals surface area contributed by atoms with Crippen LogP contribution < -0.4 is 0 Å². The molecule has 0 aliphatic carbocycles. The summed E-state index contributed by atoms with van der Waals surface area (Å²) in [5, 5.41) is 1.45. The number of rotatable bonds is 8. The van der Waals surface area contributed by atoms with Gasteiger partial charge in [0.15, 0.2) is 9.84 Å². The van der Waals surface area contributed by atoms with Crippen molar-refractivity contribution < 1.29 is 8.42 Å². The predicted molar refractivity (Wildman–Crippen MR) is 139 cm³/mol. The maximum Gasteiger partial charge on any atom is 0.167 e. The van der Waals surface area contributed by atoms with Gasteiger partial charge in [0.25, 0.3) is 0 Å². The van der Waals surface area contributed by atoms with E-state index < -0.39 is 9.84 Å². The molecule has 7 heteroatoms. The van der Waals surface area contributed by atoms with Gasteiger partial charge < -0.3 is 0 Å². The second kappa shape index (κ2) is 10.00. The molecule has 0 radical (unpaired) electrons. The van der Waals surface area contributed by atoms with Crippen LogP contribution in [0.5, 0.6) is 0 Å². The highest BCUT2D eigenvalue weighted by atomic mass is 35.5. The second-order valence-electron chi connectivity index (χ2n) is 9.39. The molecule has 34 heavy (non-hydrogen) atoms. The summed E-state index contributed by atoms with van der Waals surface area (Å²) in [6.07, 6.45) is 1.09. The van der Waals surface area contributed by atoms with E-state index in [1.54, 1.807) is 0 Å². The molecule has 0 N–H and O–H groups in total. The highest BCUT2D eigenvalue weighted by Gasteiger charge is 2.35. The van der Waals surface area contributed by atoms with E-state index >= 15 is 0 Å². The lowest BCUT2D eigenvalue weighted by Gasteiger charge is -2.45. The van der Waals surface area contributed by atoms with Gasteiger partial charge in [-0.25, -0.2) is 8.42 Å². The van der Waals surface area contributed by atoms with Crippen LogP contribution >= 0.6 is 23.2 Å². The monoisotopic (exact) mass is 514 g/mol. The fourth-order valence-corrected chi connectivity index (χ4v) is 6.71. The Hall–Kier alpha value is -1.89. The van der Waals surface area contributed by atoms with Gasteiger partial charge in [0.05, 0.1) is 11.8 Å². The summed E-state index contributed by atoms with van der Waals surface area (Å²) in [6.45, 7) is 3.58. The molecule has 2 saturated heterocycles. The maximum atomic E-state index is 12.6. The number of nitrogens with zero attached hydrogens (tertiary/aromatic N) is 2. The molecule has 0 spiro atoms. The highest BCUT2D eigenvalue weighted by molar-refractivity contribution is 7.90. The van der Waals surface area contributed by atoms with Gasteiger partial charge in [-0.15, -0.1) is 0 Å². The Morgan fingerprint density at radius 1 is 0.853 bits per heavy atom. The fourth-order valence-electron chi connectivity index (χ4n) is 4.86. The summed E-state index contributed by atoms with van der Waals surface area (Å²) in [5.41, 5.74) is 4.47. The molecular weight excluding hydrogens is 487 g/mol. The lowest BCUT2D eigenvalue weighted by atomic mass is 9.86. The predicted octanol–water partition coefficient (Wildman–Crippen LogP) is 5.76. The molecular formula is C27H28Cl2N2O2S. The van der Waals surface area contributed by atoms with Gasteiger partial charge >= 0.3 is 0 Å². The van der Waals surface area contributed by atoms with E-state index in [0.29, 0.717) is 5.92 Å². The van der Waals surface area contributed by atoms with Crippen molar-refractivity contribution in [2.45, 2.75) is 24.1 Å². The van der Waals surface area contributed by atoms with E-state index in [1.165, 1.54) is 16.7 Å². The van der Waals surface area contributed by atoms with Crippen LogP contribution in [0.3, 0.4) is 0 Å². The Kier molecular flexibility index (Phi) is 7.01. The zero-order valence-electron chi connectivity index (χ0n) is 18.9. The minimum Gasteiger partial charge on any atom is -0.291 e. The third-order valence-electron chi connectivity index (χ3n) is 6.78. The molecule has 3 aromatic carbocycles. The van der Waals surface area contributed by atoms with Crippen molar-refractivity contribution in [3.63, 3.8) is 0 Å². The van der Waals surface area contributed by atoms with Crippen LogP contribution in [0.4, 0.5) is 0 Å².